The average Bonchev–Trinajstić information content (AvgIpc) is 2.77. The van der Waals surface area contributed by atoms with Gasteiger partial charge in [0.15, 0.2) is 17.6 Å². The molecular formula is C23H27NO6. The average molecular weight is 413 g/mol. The van der Waals surface area contributed by atoms with Gasteiger partial charge in [-0.1, -0.05) is 24.3 Å². The van der Waals surface area contributed by atoms with Crippen molar-refractivity contribution >= 4 is 11.9 Å². The molecule has 3 rings (SSSR count). The number of hydrogen-bond acceptors (Lipinski definition) is 6. The lowest BCUT2D eigenvalue weighted by atomic mass is 9.87. The highest BCUT2D eigenvalue weighted by atomic mass is 16.6. The van der Waals surface area contributed by atoms with Crippen molar-refractivity contribution in [2.75, 3.05) is 21.3 Å². The van der Waals surface area contributed by atoms with Gasteiger partial charge in [0.2, 0.25) is 5.75 Å². The molecule has 30 heavy (non-hydrogen) atoms. The summed E-state index contributed by atoms with van der Waals surface area (Å²) in [6.07, 6.45) is 1.89. The zero-order valence-corrected chi connectivity index (χ0v) is 17.7. The van der Waals surface area contributed by atoms with E-state index in [1.54, 1.807) is 13.0 Å². The number of methoxy groups -OCH3 is 3. The number of nitrogens with one attached hydrogen (secondary N) is 1. The van der Waals surface area contributed by atoms with E-state index in [2.05, 4.69) is 11.4 Å². The number of esters is 1. The molecule has 7 heteroatoms. The third-order valence-corrected chi connectivity index (χ3v) is 5.26. The fourth-order valence-corrected chi connectivity index (χ4v) is 3.73. The van der Waals surface area contributed by atoms with E-state index in [-0.39, 0.29) is 29.0 Å². The number of ether oxygens (including phenoxy) is 4. The first-order valence-corrected chi connectivity index (χ1v) is 9.88. The fourth-order valence-electron chi connectivity index (χ4n) is 3.73. The van der Waals surface area contributed by atoms with Gasteiger partial charge in [-0.3, -0.25) is 4.79 Å². The molecule has 0 radical (unpaired) electrons. The zero-order valence-electron chi connectivity index (χ0n) is 17.7. The van der Waals surface area contributed by atoms with Crippen molar-refractivity contribution in [3.63, 3.8) is 0 Å². The van der Waals surface area contributed by atoms with Gasteiger partial charge in [-0.2, -0.15) is 0 Å². The normalized spacial score (nSPS) is 16.1. The Labute approximate surface area is 176 Å². The Bertz CT molecular complexity index is 926. The van der Waals surface area contributed by atoms with Gasteiger partial charge in [0.25, 0.3) is 5.91 Å². The van der Waals surface area contributed by atoms with Crippen LogP contribution in [0.1, 0.15) is 47.3 Å². The summed E-state index contributed by atoms with van der Waals surface area (Å²) in [6.45, 7) is 1.55. The Kier molecular flexibility index (Phi) is 6.82. The summed E-state index contributed by atoms with van der Waals surface area (Å²) in [5.41, 5.74) is 2.52. The number of rotatable bonds is 7. The number of benzene rings is 2. The molecule has 0 fully saturated rings. The topological polar surface area (TPSA) is 83.1 Å². The largest absolute Gasteiger partial charge is 0.493 e. The van der Waals surface area contributed by atoms with Crippen LogP contribution >= 0.6 is 0 Å². The standard InChI is InChI=1S/C23H27NO6/c1-14(22(25)24-18-11-7-9-15-8-5-6-10-16(15)18)30-23(26)17-12-13-19(27-2)21(29-4)20(17)28-3/h5-6,8,10,12-14,18H,7,9,11H2,1-4H3,(H,24,25)/t14-,18+/m0/s1. The monoisotopic (exact) mass is 413 g/mol. The number of aryl methyl sites for hydroxylation is 1. The third kappa shape index (κ3) is 4.35. The molecule has 0 saturated carbocycles. The van der Waals surface area contributed by atoms with Crippen LogP contribution in [0.4, 0.5) is 0 Å². The Morgan fingerprint density at radius 1 is 1.00 bits per heavy atom. The van der Waals surface area contributed by atoms with E-state index in [1.165, 1.54) is 33.0 Å². The summed E-state index contributed by atoms with van der Waals surface area (Å²) in [5, 5.41) is 3.01. The van der Waals surface area contributed by atoms with E-state index in [0.717, 1.165) is 24.8 Å². The molecule has 1 aliphatic rings. The van der Waals surface area contributed by atoms with Crippen LogP contribution in [0.2, 0.25) is 0 Å². The summed E-state index contributed by atoms with van der Waals surface area (Å²) in [7, 11) is 4.36. The van der Waals surface area contributed by atoms with Gasteiger partial charge in [0.05, 0.1) is 27.4 Å². The van der Waals surface area contributed by atoms with Crippen LogP contribution in [0.25, 0.3) is 0 Å². The van der Waals surface area contributed by atoms with E-state index in [1.807, 2.05) is 18.2 Å². The van der Waals surface area contributed by atoms with Crippen LogP contribution in [0.15, 0.2) is 36.4 Å². The van der Waals surface area contributed by atoms with Crippen LogP contribution in [-0.4, -0.2) is 39.3 Å². The maximum absolute atomic E-state index is 12.7. The molecule has 1 amide bonds. The number of hydrogen-bond donors (Lipinski definition) is 1. The van der Waals surface area contributed by atoms with Crippen molar-refractivity contribution in [3.8, 4) is 17.2 Å². The Morgan fingerprint density at radius 3 is 2.43 bits per heavy atom. The Morgan fingerprint density at radius 2 is 1.73 bits per heavy atom. The molecular weight excluding hydrogens is 386 g/mol. The summed E-state index contributed by atoms with van der Waals surface area (Å²) in [5.74, 6) is -0.127. The van der Waals surface area contributed by atoms with Crippen LogP contribution in [0.3, 0.4) is 0 Å². The SMILES string of the molecule is COc1ccc(C(=O)O[C@@H](C)C(=O)N[C@@H]2CCCc3ccccc32)c(OC)c1OC. The van der Waals surface area contributed by atoms with E-state index < -0.39 is 12.1 Å². The highest BCUT2D eigenvalue weighted by molar-refractivity contribution is 5.96. The minimum atomic E-state index is -0.968. The minimum Gasteiger partial charge on any atom is -0.493 e. The summed E-state index contributed by atoms with van der Waals surface area (Å²) in [4.78, 5) is 25.4. The Hall–Kier alpha value is -3.22. The Balaban J connectivity index is 1.71. The lowest BCUT2D eigenvalue weighted by Gasteiger charge is -2.27. The van der Waals surface area contributed by atoms with Crippen molar-refractivity contribution in [3.05, 3.63) is 53.1 Å². The predicted molar refractivity (Wildman–Crippen MR) is 111 cm³/mol. The quantitative estimate of drug-likeness (QED) is 0.700. The molecule has 0 aromatic heterocycles. The smallest absolute Gasteiger partial charge is 0.342 e. The van der Waals surface area contributed by atoms with E-state index in [4.69, 9.17) is 18.9 Å². The summed E-state index contributed by atoms with van der Waals surface area (Å²) in [6, 6.07) is 11.1. The van der Waals surface area contributed by atoms with Crippen molar-refractivity contribution in [1.29, 1.82) is 0 Å². The van der Waals surface area contributed by atoms with Gasteiger partial charge in [0, 0.05) is 0 Å². The predicted octanol–water partition coefficient (Wildman–Crippen LogP) is 3.45. The second kappa shape index (κ2) is 9.52. The highest BCUT2D eigenvalue weighted by Gasteiger charge is 2.28. The van der Waals surface area contributed by atoms with Gasteiger partial charge in [-0.25, -0.2) is 4.79 Å². The number of fused-ring (bicyclic) bond motifs is 1. The van der Waals surface area contributed by atoms with Crippen molar-refractivity contribution < 1.29 is 28.5 Å². The van der Waals surface area contributed by atoms with Crippen LogP contribution < -0.4 is 19.5 Å². The second-order valence-electron chi connectivity index (χ2n) is 7.08. The molecule has 0 aliphatic heterocycles. The fraction of sp³-hybridized carbons (Fsp3) is 0.391. The minimum absolute atomic E-state index is 0.0841. The van der Waals surface area contributed by atoms with E-state index in [0.29, 0.717) is 5.75 Å². The lowest BCUT2D eigenvalue weighted by molar-refractivity contribution is -0.130. The molecule has 1 aliphatic carbocycles. The first-order valence-electron chi connectivity index (χ1n) is 9.88. The number of carbonyl (C=O) groups is 2. The molecule has 0 unspecified atom stereocenters. The molecule has 0 saturated heterocycles. The van der Waals surface area contributed by atoms with Gasteiger partial charge in [0.1, 0.15) is 5.56 Å². The molecule has 0 bridgehead atoms. The zero-order chi connectivity index (χ0) is 21.7. The molecule has 2 aromatic rings. The summed E-state index contributed by atoms with van der Waals surface area (Å²) < 4.78 is 21.3. The number of carbonyl (C=O) groups excluding carboxylic acids is 2. The molecule has 160 valence electrons. The maximum Gasteiger partial charge on any atom is 0.342 e. The molecule has 7 nitrogen and oxygen atoms in total. The van der Waals surface area contributed by atoms with Crippen molar-refractivity contribution in [1.82, 2.24) is 5.32 Å². The first kappa shape index (κ1) is 21.5. The third-order valence-electron chi connectivity index (χ3n) is 5.26. The first-order chi connectivity index (χ1) is 14.5. The molecule has 2 atom stereocenters. The van der Waals surface area contributed by atoms with Crippen LogP contribution in [0, 0.1) is 0 Å². The maximum atomic E-state index is 12.7. The second-order valence-corrected chi connectivity index (χ2v) is 7.08. The molecule has 2 aromatic carbocycles. The van der Waals surface area contributed by atoms with Crippen LogP contribution in [0.5, 0.6) is 17.2 Å². The van der Waals surface area contributed by atoms with Crippen LogP contribution in [-0.2, 0) is 16.0 Å². The van der Waals surface area contributed by atoms with Gasteiger partial charge < -0.3 is 24.3 Å². The van der Waals surface area contributed by atoms with Gasteiger partial charge in [-0.15, -0.1) is 0 Å². The highest BCUT2D eigenvalue weighted by Crippen LogP contribution is 2.40. The van der Waals surface area contributed by atoms with E-state index >= 15 is 0 Å². The van der Waals surface area contributed by atoms with Crippen molar-refractivity contribution in [2.24, 2.45) is 0 Å². The lowest BCUT2D eigenvalue weighted by Crippen LogP contribution is -2.39. The van der Waals surface area contributed by atoms with Gasteiger partial charge >= 0.3 is 5.97 Å². The van der Waals surface area contributed by atoms with E-state index in [9.17, 15) is 9.59 Å². The number of amides is 1. The molecule has 0 heterocycles. The summed E-state index contributed by atoms with van der Waals surface area (Å²) >= 11 is 0. The van der Waals surface area contributed by atoms with Crippen molar-refractivity contribution in [2.45, 2.75) is 38.3 Å². The van der Waals surface area contributed by atoms with Gasteiger partial charge in [-0.05, 0) is 49.4 Å². The molecule has 0 spiro atoms. The molecule has 1 N–H and O–H groups in total.